The Hall–Kier alpha value is -0.990. The fourth-order valence-electron chi connectivity index (χ4n) is 0.829. The lowest BCUT2D eigenvalue weighted by Gasteiger charge is -2.07. The third-order valence-corrected chi connectivity index (χ3v) is 2.41. The quantitative estimate of drug-likeness (QED) is 0.774. The minimum Gasteiger partial charge on any atom is -0.321 e. The molecule has 0 aromatic heterocycles. The Morgan fingerprint density at radius 2 is 2.07 bits per heavy atom. The number of rotatable bonds is 2. The molecule has 0 bridgehead atoms. The summed E-state index contributed by atoms with van der Waals surface area (Å²) in [6.45, 7) is 5.13. The molecule has 0 saturated heterocycles. The molecule has 0 saturated carbocycles. The minimum atomic E-state index is -0.269. The van der Waals surface area contributed by atoms with E-state index >= 15 is 0 Å². The SMILES string of the molecule is C=C(C)C(=O)Nc1cccc(Cl)c1Cl. The Morgan fingerprint density at radius 1 is 1.43 bits per heavy atom. The third kappa shape index (κ3) is 2.50. The van der Waals surface area contributed by atoms with E-state index in [1.54, 1.807) is 25.1 Å². The number of amides is 1. The van der Waals surface area contributed by atoms with Gasteiger partial charge in [0, 0.05) is 5.57 Å². The van der Waals surface area contributed by atoms with Gasteiger partial charge in [0.25, 0.3) is 5.91 Å². The van der Waals surface area contributed by atoms with Gasteiger partial charge in [-0.25, -0.2) is 0 Å². The van der Waals surface area contributed by atoms with Crippen LogP contribution in [0.25, 0.3) is 0 Å². The van der Waals surface area contributed by atoms with Gasteiger partial charge in [-0.1, -0.05) is 35.8 Å². The van der Waals surface area contributed by atoms with E-state index in [0.29, 0.717) is 21.3 Å². The summed E-state index contributed by atoms with van der Waals surface area (Å²) in [5, 5.41) is 3.34. The topological polar surface area (TPSA) is 29.1 Å². The average molecular weight is 230 g/mol. The number of carbonyl (C=O) groups is 1. The molecule has 0 spiro atoms. The monoisotopic (exact) mass is 229 g/mol. The summed E-state index contributed by atoms with van der Waals surface area (Å²) in [6, 6.07) is 5.04. The van der Waals surface area contributed by atoms with Gasteiger partial charge in [-0.3, -0.25) is 4.79 Å². The van der Waals surface area contributed by atoms with Gasteiger partial charge >= 0.3 is 0 Å². The summed E-state index contributed by atoms with van der Waals surface area (Å²) in [6.07, 6.45) is 0. The maximum atomic E-state index is 11.3. The van der Waals surface area contributed by atoms with Crippen molar-refractivity contribution < 1.29 is 4.79 Å². The van der Waals surface area contributed by atoms with Crippen molar-refractivity contribution in [3.8, 4) is 0 Å². The molecule has 1 rings (SSSR count). The first-order valence-corrected chi connectivity index (χ1v) is 4.69. The average Bonchev–Trinajstić information content (AvgIpc) is 2.12. The van der Waals surface area contributed by atoms with Crippen LogP contribution in [0, 0.1) is 0 Å². The third-order valence-electron chi connectivity index (χ3n) is 1.59. The normalized spacial score (nSPS) is 9.64. The van der Waals surface area contributed by atoms with E-state index in [9.17, 15) is 4.79 Å². The van der Waals surface area contributed by atoms with E-state index < -0.39 is 0 Å². The predicted molar refractivity (Wildman–Crippen MR) is 59.9 cm³/mol. The molecule has 0 radical (unpaired) electrons. The van der Waals surface area contributed by atoms with E-state index in [1.165, 1.54) is 0 Å². The van der Waals surface area contributed by atoms with Crippen LogP contribution in [0.3, 0.4) is 0 Å². The molecule has 0 aliphatic carbocycles. The van der Waals surface area contributed by atoms with E-state index in [2.05, 4.69) is 11.9 Å². The minimum absolute atomic E-state index is 0.269. The maximum Gasteiger partial charge on any atom is 0.250 e. The molecule has 0 unspecified atom stereocenters. The predicted octanol–water partition coefficient (Wildman–Crippen LogP) is 3.51. The van der Waals surface area contributed by atoms with Crippen molar-refractivity contribution in [2.24, 2.45) is 0 Å². The van der Waals surface area contributed by atoms with Gasteiger partial charge in [-0.2, -0.15) is 0 Å². The zero-order valence-electron chi connectivity index (χ0n) is 7.60. The summed E-state index contributed by atoms with van der Waals surface area (Å²) >= 11 is 11.6. The van der Waals surface area contributed by atoms with Gasteiger partial charge in [0.15, 0.2) is 0 Å². The molecule has 0 atom stereocenters. The second-order valence-electron chi connectivity index (χ2n) is 2.84. The number of nitrogens with one attached hydrogen (secondary N) is 1. The molecule has 1 N–H and O–H groups in total. The summed E-state index contributed by atoms with van der Waals surface area (Å²) < 4.78 is 0. The summed E-state index contributed by atoms with van der Waals surface area (Å²) in [5.41, 5.74) is 0.910. The summed E-state index contributed by atoms with van der Waals surface area (Å²) in [4.78, 5) is 11.3. The van der Waals surface area contributed by atoms with Gasteiger partial charge < -0.3 is 5.32 Å². The molecule has 1 aromatic carbocycles. The van der Waals surface area contributed by atoms with Crippen LogP contribution in [0.4, 0.5) is 5.69 Å². The molecule has 2 nitrogen and oxygen atoms in total. The molecule has 0 aliphatic heterocycles. The zero-order valence-corrected chi connectivity index (χ0v) is 9.12. The lowest BCUT2D eigenvalue weighted by Crippen LogP contribution is -2.12. The molecular weight excluding hydrogens is 221 g/mol. The molecule has 4 heteroatoms. The van der Waals surface area contributed by atoms with E-state index in [4.69, 9.17) is 23.2 Å². The van der Waals surface area contributed by atoms with Crippen LogP contribution in [-0.2, 0) is 4.79 Å². The van der Waals surface area contributed by atoms with Crippen molar-refractivity contribution in [1.82, 2.24) is 0 Å². The van der Waals surface area contributed by atoms with Gasteiger partial charge in [0.1, 0.15) is 0 Å². The Morgan fingerprint density at radius 3 is 2.64 bits per heavy atom. The second-order valence-corrected chi connectivity index (χ2v) is 3.62. The Balaban J connectivity index is 2.93. The van der Waals surface area contributed by atoms with Crippen LogP contribution in [0.15, 0.2) is 30.4 Å². The molecular formula is C10H9Cl2NO. The highest BCUT2D eigenvalue weighted by Gasteiger charge is 2.07. The number of carbonyl (C=O) groups excluding carboxylic acids is 1. The van der Waals surface area contributed by atoms with Crippen molar-refractivity contribution in [3.05, 3.63) is 40.4 Å². The molecule has 0 heterocycles. The van der Waals surface area contributed by atoms with E-state index in [1.807, 2.05) is 0 Å². The van der Waals surface area contributed by atoms with Gasteiger partial charge in [-0.05, 0) is 19.1 Å². The van der Waals surface area contributed by atoms with Gasteiger partial charge in [0.2, 0.25) is 0 Å². The number of halogens is 2. The maximum absolute atomic E-state index is 11.3. The van der Waals surface area contributed by atoms with Crippen molar-refractivity contribution in [1.29, 1.82) is 0 Å². The lowest BCUT2D eigenvalue weighted by atomic mass is 10.3. The lowest BCUT2D eigenvalue weighted by molar-refractivity contribution is -0.112. The first-order chi connectivity index (χ1) is 6.52. The fourth-order valence-corrected chi connectivity index (χ4v) is 1.18. The van der Waals surface area contributed by atoms with Gasteiger partial charge in [0.05, 0.1) is 15.7 Å². The number of hydrogen-bond acceptors (Lipinski definition) is 1. The highest BCUT2D eigenvalue weighted by atomic mass is 35.5. The van der Waals surface area contributed by atoms with E-state index in [0.717, 1.165) is 0 Å². The Kier molecular flexibility index (Phi) is 3.55. The second kappa shape index (κ2) is 4.49. The molecule has 1 aromatic rings. The van der Waals surface area contributed by atoms with Crippen LogP contribution in [-0.4, -0.2) is 5.91 Å². The van der Waals surface area contributed by atoms with Gasteiger partial charge in [-0.15, -0.1) is 0 Å². The molecule has 1 amide bonds. The van der Waals surface area contributed by atoms with E-state index in [-0.39, 0.29) is 5.91 Å². The van der Waals surface area contributed by atoms with Crippen molar-refractivity contribution >= 4 is 34.8 Å². The zero-order chi connectivity index (χ0) is 10.7. The van der Waals surface area contributed by atoms with Crippen LogP contribution in [0.2, 0.25) is 10.0 Å². The number of benzene rings is 1. The van der Waals surface area contributed by atoms with Crippen molar-refractivity contribution in [2.75, 3.05) is 5.32 Å². The molecule has 0 fully saturated rings. The number of anilines is 1. The fraction of sp³-hybridized carbons (Fsp3) is 0.100. The van der Waals surface area contributed by atoms with Crippen molar-refractivity contribution in [3.63, 3.8) is 0 Å². The Labute approximate surface area is 92.5 Å². The number of hydrogen-bond donors (Lipinski definition) is 1. The molecule has 14 heavy (non-hydrogen) atoms. The molecule has 0 aliphatic rings. The first kappa shape index (κ1) is 11.1. The van der Waals surface area contributed by atoms with Crippen LogP contribution in [0.1, 0.15) is 6.92 Å². The Bertz CT molecular complexity index is 388. The van der Waals surface area contributed by atoms with Crippen LogP contribution >= 0.6 is 23.2 Å². The highest BCUT2D eigenvalue weighted by molar-refractivity contribution is 6.44. The summed E-state index contributed by atoms with van der Waals surface area (Å²) in [5.74, 6) is -0.269. The standard InChI is InChI=1S/C10H9Cl2NO/c1-6(2)10(14)13-8-5-3-4-7(11)9(8)12/h3-5H,1H2,2H3,(H,13,14). The smallest absolute Gasteiger partial charge is 0.250 e. The van der Waals surface area contributed by atoms with Crippen LogP contribution < -0.4 is 5.32 Å². The highest BCUT2D eigenvalue weighted by Crippen LogP contribution is 2.29. The van der Waals surface area contributed by atoms with Crippen LogP contribution in [0.5, 0.6) is 0 Å². The first-order valence-electron chi connectivity index (χ1n) is 3.93. The van der Waals surface area contributed by atoms with Crippen molar-refractivity contribution in [2.45, 2.75) is 6.92 Å². The summed E-state index contributed by atoms with van der Waals surface area (Å²) in [7, 11) is 0. The largest absolute Gasteiger partial charge is 0.321 e. The molecule has 74 valence electrons.